The van der Waals surface area contributed by atoms with Crippen molar-refractivity contribution in [3.8, 4) is 11.5 Å². The van der Waals surface area contributed by atoms with Gasteiger partial charge in [0.2, 0.25) is 0 Å². The summed E-state index contributed by atoms with van der Waals surface area (Å²) >= 11 is 17.5. The second-order valence-corrected chi connectivity index (χ2v) is 14.2. The summed E-state index contributed by atoms with van der Waals surface area (Å²) in [7, 11) is 1.33. The molecule has 0 heterocycles. The molecule has 0 saturated carbocycles. The molecule has 0 fully saturated rings. The molecule has 0 N–H and O–H groups in total. The van der Waals surface area contributed by atoms with Gasteiger partial charge in [-0.2, -0.15) is 0 Å². The lowest BCUT2D eigenvalue weighted by Gasteiger charge is -2.13. The Bertz CT molecular complexity index is 559. The van der Waals surface area contributed by atoms with Crippen molar-refractivity contribution in [3.63, 3.8) is 0 Å². The number of methoxy groups -OCH3 is 1. The zero-order chi connectivity index (χ0) is 18.0. The van der Waals surface area contributed by atoms with Crippen LogP contribution in [0.4, 0.5) is 0 Å². The van der Waals surface area contributed by atoms with E-state index >= 15 is 0 Å². The van der Waals surface area contributed by atoms with Gasteiger partial charge in [0, 0.05) is 6.08 Å². The highest BCUT2D eigenvalue weighted by molar-refractivity contribution is 7.64. The monoisotopic (exact) mass is 410 g/mol. The van der Waals surface area contributed by atoms with Crippen molar-refractivity contribution in [2.45, 2.75) is 25.8 Å². The number of benzene rings is 1. The first-order valence-electron chi connectivity index (χ1n) is 7.58. The normalized spacial score (nSPS) is 11.5. The predicted octanol–water partition coefficient (Wildman–Crippen LogP) is 5.09. The van der Waals surface area contributed by atoms with Crippen LogP contribution >= 0.6 is 33.2 Å². The van der Waals surface area contributed by atoms with Crippen LogP contribution in [0.25, 0.3) is 6.08 Å². The molecule has 24 heavy (non-hydrogen) atoms. The van der Waals surface area contributed by atoms with Crippen LogP contribution in [0.5, 0.6) is 11.5 Å². The van der Waals surface area contributed by atoms with E-state index in [0.29, 0.717) is 30.8 Å². The molecule has 1 aromatic rings. The van der Waals surface area contributed by atoms with E-state index in [1.54, 1.807) is 6.08 Å². The molecule has 0 aliphatic carbocycles. The largest absolute Gasteiger partial charge is 0.490 e. The molecule has 134 valence electrons. The molecule has 0 spiro atoms. The fraction of sp³-hybridized carbons (Fsp3) is 0.438. The van der Waals surface area contributed by atoms with Crippen molar-refractivity contribution in [1.29, 1.82) is 0 Å². The fourth-order valence-electron chi connectivity index (χ4n) is 1.86. The van der Waals surface area contributed by atoms with Crippen molar-refractivity contribution in [1.82, 2.24) is 0 Å². The number of carbonyl (C=O) groups excluding carboxylic acids is 1. The van der Waals surface area contributed by atoms with Gasteiger partial charge in [0.25, 0.3) is 0 Å². The first-order chi connectivity index (χ1) is 11.4. The molecule has 0 radical (unpaired) electrons. The Morgan fingerprint density at radius 2 is 1.92 bits per heavy atom. The minimum absolute atomic E-state index is 0.411. The summed E-state index contributed by atoms with van der Waals surface area (Å²) in [4.78, 5) is 11.1. The Morgan fingerprint density at radius 1 is 1.17 bits per heavy atom. The smallest absolute Gasteiger partial charge is 0.341 e. The number of rotatable bonds is 10. The topological polar surface area (TPSA) is 44.8 Å². The van der Waals surface area contributed by atoms with Crippen LogP contribution in [-0.2, 0) is 9.53 Å². The third-order valence-corrected chi connectivity index (χ3v) is 5.61. The van der Waals surface area contributed by atoms with Gasteiger partial charge < -0.3 is 14.2 Å². The van der Waals surface area contributed by atoms with E-state index in [2.05, 4.69) is 4.74 Å². The number of esters is 1. The number of ether oxygens (including phenoxy) is 3. The van der Waals surface area contributed by atoms with Crippen LogP contribution in [0.15, 0.2) is 24.3 Å². The average Bonchev–Trinajstić information content (AvgIpc) is 2.53. The van der Waals surface area contributed by atoms with E-state index in [1.165, 1.54) is 13.2 Å². The van der Waals surface area contributed by atoms with Gasteiger partial charge in [0.05, 0.1) is 20.3 Å². The molecule has 0 amide bonds. The molecular formula is C16H21Cl3O4Si. The third kappa shape index (κ3) is 8.83. The summed E-state index contributed by atoms with van der Waals surface area (Å²) in [5, 5.41) is 0. The Kier molecular flexibility index (Phi) is 9.59. The van der Waals surface area contributed by atoms with Crippen molar-refractivity contribution in [2.24, 2.45) is 0 Å². The molecule has 0 saturated heterocycles. The van der Waals surface area contributed by atoms with Gasteiger partial charge in [-0.1, -0.05) is 6.07 Å². The Hall–Kier alpha value is -0.883. The van der Waals surface area contributed by atoms with E-state index in [0.717, 1.165) is 18.4 Å². The molecule has 0 aliphatic heterocycles. The molecule has 1 rings (SSSR count). The summed E-state index contributed by atoms with van der Waals surface area (Å²) in [6.07, 6.45) is 4.62. The molecule has 0 unspecified atom stereocenters. The average molecular weight is 412 g/mol. The maximum atomic E-state index is 11.1. The fourth-order valence-corrected chi connectivity index (χ4v) is 3.71. The summed E-state index contributed by atoms with van der Waals surface area (Å²) in [5.41, 5.74) is 0.818. The summed E-state index contributed by atoms with van der Waals surface area (Å²) < 4.78 is 15.9. The van der Waals surface area contributed by atoms with Gasteiger partial charge in [0.1, 0.15) is 0 Å². The van der Waals surface area contributed by atoms with E-state index in [-0.39, 0.29) is 0 Å². The second kappa shape index (κ2) is 10.9. The van der Waals surface area contributed by atoms with Gasteiger partial charge in [-0.3, -0.25) is 0 Å². The van der Waals surface area contributed by atoms with E-state index in [4.69, 9.17) is 42.7 Å². The van der Waals surface area contributed by atoms with Crippen molar-refractivity contribution >= 4 is 51.3 Å². The maximum absolute atomic E-state index is 11.1. The zero-order valence-electron chi connectivity index (χ0n) is 13.7. The van der Waals surface area contributed by atoms with Gasteiger partial charge >= 0.3 is 12.0 Å². The van der Waals surface area contributed by atoms with Crippen LogP contribution in [0.1, 0.15) is 25.3 Å². The van der Waals surface area contributed by atoms with E-state index < -0.39 is 12.0 Å². The van der Waals surface area contributed by atoms with Gasteiger partial charge in [-0.25, -0.2) is 4.79 Å². The lowest BCUT2D eigenvalue weighted by Crippen LogP contribution is -2.09. The van der Waals surface area contributed by atoms with Crippen LogP contribution in [0.3, 0.4) is 0 Å². The minimum Gasteiger partial charge on any atom is -0.490 e. The summed E-state index contributed by atoms with van der Waals surface area (Å²) in [6.45, 7) is 2.93. The molecule has 0 bridgehead atoms. The Labute approximate surface area is 157 Å². The second-order valence-electron chi connectivity index (χ2n) is 4.92. The standard InChI is InChI=1S/C16H21Cl3O4Si/c1-3-22-15-12-13(7-9-16(20)21-2)6-8-14(15)23-10-4-5-11-24(17,18)19/h6-9,12H,3-5,10-11H2,1-2H3. The SMILES string of the molecule is CCOc1cc(C=CC(=O)OC)ccc1OCCCC[Si](Cl)(Cl)Cl. The number of hydrogen-bond acceptors (Lipinski definition) is 4. The predicted molar refractivity (Wildman–Crippen MR) is 102 cm³/mol. The highest BCUT2D eigenvalue weighted by Gasteiger charge is 2.23. The molecule has 0 atom stereocenters. The van der Waals surface area contributed by atoms with Crippen LogP contribution in [0, 0.1) is 0 Å². The molecule has 0 aliphatic rings. The lowest BCUT2D eigenvalue weighted by atomic mass is 10.2. The van der Waals surface area contributed by atoms with Crippen molar-refractivity contribution < 1.29 is 19.0 Å². The summed E-state index contributed by atoms with van der Waals surface area (Å²) in [5.74, 6) is 0.865. The van der Waals surface area contributed by atoms with Crippen molar-refractivity contribution in [3.05, 3.63) is 29.8 Å². The van der Waals surface area contributed by atoms with Gasteiger partial charge in [0.15, 0.2) is 11.5 Å². The zero-order valence-corrected chi connectivity index (χ0v) is 17.0. The molecular weight excluding hydrogens is 391 g/mol. The Balaban J connectivity index is 2.63. The number of unbranched alkanes of at least 4 members (excludes halogenated alkanes) is 1. The summed E-state index contributed by atoms with van der Waals surface area (Å²) in [6, 6.07) is 3.54. The van der Waals surface area contributed by atoms with Gasteiger partial charge in [-0.15, -0.1) is 33.2 Å². The third-order valence-electron chi connectivity index (χ3n) is 2.99. The van der Waals surface area contributed by atoms with E-state index in [1.807, 2.05) is 25.1 Å². The highest BCUT2D eigenvalue weighted by Crippen LogP contribution is 2.30. The van der Waals surface area contributed by atoms with Crippen LogP contribution in [0.2, 0.25) is 6.04 Å². The first kappa shape index (κ1) is 21.2. The van der Waals surface area contributed by atoms with Crippen LogP contribution < -0.4 is 9.47 Å². The first-order valence-corrected chi connectivity index (χ1v) is 12.8. The van der Waals surface area contributed by atoms with E-state index in [9.17, 15) is 4.79 Å². The molecule has 8 heteroatoms. The lowest BCUT2D eigenvalue weighted by molar-refractivity contribution is -0.134. The molecule has 4 nitrogen and oxygen atoms in total. The minimum atomic E-state index is -2.55. The maximum Gasteiger partial charge on any atom is 0.341 e. The Morgan fingerprint density at radius 3 is 2.54 bits per heavy atom. The molecule has 1 aromatic carbocycles. The quantitative estimate of drug-likeness (QED) is 0.177. The van der Waals surface area contributed by atoms with Crippen LogP contribution in [-0.4, -0.2) is 32.3 Å². The van der Waals surface area contributed by atoms with Crippen molar-refractivity contribution in [2.75, 3.05) is 20.3 Å². The van der Waals surface area contributed by atoms with Gasteiger partial charge in [-0.05, 0) is 49.6 Å². The number of halogens is 3. The molecule has 0 aromatic heterocycles. The number of carbonyl (C=O) groups is 1. The highest BCUT2D eigenvalue weighted by atomic mass is 35.8. The number of hydrogen-bond donors (Lipinski definition) is 0.